The van der Waals surface area contributed by atoms with E-state index >= 15 is 0 Å². The second kappa shape index (κ2) is 6.13. The fourth-order valence-corrected chi connectivity index (χ4v) is 1.85. The molecule has 1 heterocycles. The number of carbonyl (C=O) groups excluding carboxylic acids is 1. The van der Waals surface area contributed by atoms with E-state index in [-0.39, 0.29) is 29.5 Å². The van der Waals surface area contributed by atoms with E-state index in [2.05, 4.69) is 4.98 Å². The van der Waals surface area contributed by atoms with Gasteiger partial charge in [0.15, 0.2) is 0 Å². The van der Waals surface area contributed by atoms with Crippen molar-refractivity contribution in [3.05, 3.63) is 65.2 Å². The number of amides is 1. The zero-order chi connectivity index (χ0) is 15.4. The van der Waals surface area contributed by atoms with E-state index in [1.54, 1.807) is 19.2 Å². The number of rotatable bonds is 4. The summed E-state index contributed by atoms with van der Waals surface area (Å²) >= 11 is 0. The lowest BCUT2D eigenvalue weighted by Gasteiger charge is -2.17. The van der Waals surface area contributed by atoms with Crippen molar-refractivity contribution < 1.29 is 19.1 Å². The van der Waals surface area contributed by atoms with Gasteiger partial charge in [-0.3, -0.25) is 4.79 Å². The number of halogens is 1. The summed E-state index contributed by atoms with van der Waals surface area (Å²) < 4.78 is 13.1. The van der Waals surface area contributed by atoms with Crippen LogP contribution in [0.1, 0.15) is 26.4 Å². The summed E-state index contributed by atoms with van der Waals surface area (Å²) in [6.07, 6.45) is 1.22. The zero-order valence-electron chi connectivity index (χ0n) is 11.3. The molecule has 0 saturated carbocycles. The standard InChI is InChI=1S/C15H13FN2O3/c1-18(9-10-3-2-4-12(16)7-10)14(19)11-5-6-13(15(20)21)17-8-11/h2-8H,9H2,1H3,(H,20,21). The van der Waals surface area contributed by atoms with Crippen LogP contribution in [0.25, 0.3) is 0 Å². The van der Waals surface area contributed by atoms with Gasteiger partial charge in [0.2, 0.25) is 0 Å². The largest absolute Gasteiger partial charge is 0.477 e. The highest BCUT2D eigenvalue weighted by Crippen LogP contribution is 2.10. The van der Waals surface area contributed by atoms with Crippen molar-refractivity contribution in [2.24, 2.45) is 0 Å². The Morgan fingerprint density at radius 3 is 2.62 bits per heavy atom. The van der Waals surface area contributed by atoms with Crippen molar-refractivity contribution in [2.75, 3.05) is 7.05 Å². The van der Waals surface area contributed by atoms with Crippen LogP contribution in [-0.4, -0.2) is 33.9 Å². The van der Waals surface area contributed by atoms with Gasteiger partial charge in [-0.05, 0) is 29.8 Å². The maximum Gasteiger partial charge on any atom is 0.354 e. The number of carboxylic acids is 1. The predicted molar refractivity (Wildman–Crippen MR) is 73.4 cm³/mol. The molecule has 0 unspecified atom stereocenters. The Balaban J connectivity index is 2.10. The first-order valence-corrected chi connectivity index (χ1v) is 6.16. The van der Waals surface area contributed by atoms with Crippen LogP contribution in [-0.2, 0) is 6.54 Å². The number of benzene rings is 1. The summed E-state index contributed by atoms with van der Waals surface area (Å²) in [7, 11) is 1.58. The molecule has 21 heavy (non-hydrogen) atoms. The maximum atomic E-state index is 13.1. The molecular formula is C15H13FN2O3. The van der Waals surface area contributed by atoms with Crippen LogP contribution in [0.5, 0.6) is 0 Å². The molecule has 108 valence electrons. The molecule has 6 heteroatoms. The monoisotopic (exact) mass is 288 g/mol. The van der Waals surface area contributed by atoms with Crippen molar-refractivity contribution in [1.29, 1.82) is 0 Å². The average Bonchev–Trinajstić information content (AvgIpc) is 2.46. The van der Waals surface area contributed by atoms with Crippen molar-refractivity contribution in [3.63, 3.8) is 0 Å². The Hall–Kier alpha value is -2.76. The number of carboxylic acid groups (broad SMARTS) is 1. The molecule has 1 aromatic heterocycles. The summed E-state index contributed by atoms with van der Waals surface area (Å²) in [6.45, 7) is 0.247. The molecule has 2 rings (SSSR count). The number of hydrogen-bond donors (Lipinski definition) is 1. The van der Waals surface area contributed by atoms with Gasteiger partial charge in [-0.15, -0.1) is 0 Å². The third-order valence-corrected chi connectivity index (χ3v) is 2.89. The van der Waals surface area contributed by atoms with E-state index in [0.717, 1.165) is 0 Å². The SMILES string of the molecule is CN(Cc1cccc(F)c1)C(=O)c1ccc(C(=O)O)nc1. The first-order valence-electron chi connectivity index (χ1n) is 6.16. The maximum absolute atomic E-state index is 13.1. The minimum Gasteiger partial charge on any atom is -0.477 e. The molecule has 0 aliphatic heterocycles. The molecule has 0 atom stereocenters. The van der Waals surface area contributed by atoms with Crippen LogP contribution >= 0.6 is 0 Å². The minimum atomic E-state index is -1.15. The highest BCUT2D eigenvalue weighted by molar-refractivity contribution is 5.94. The van der Waals surface area contributed by atoms with Gasteiger partial charge in [0, 0.05) is 19.8 Å². The molecule has 1 aromatic carbocycles. The van der Waals surface area contributed by atoms with E-state index in [1.807, 2.05) is 0 Å². The van der Waals surface area contributed by atoms with E-state index in [9.17, 15) is 14.0 Å². The first kappa shape index (κ1) is 14.6. The highest BCUT2D eigenvalue weighted by atomic mass is 19.1. The topological polar surface area (TPSA) is 70.5 Å². The van der Waals surface area contributed by atoms with Crippen molar-refractivity contribution in [2.45, 2.75) is 6.54 Å². The molecule has 0 aliphatic rings. The normalized spacial score (nSPS) is 10.2. The summed E-state index contributed by atoms with van der Waals surface area (Å²) in [5.74, 6) is -1.83. The van der Waals surface area contributed by atoms with Gasteiger partial charge in [0.05, 0.1) is 5.56 Å². The number of aromatic carboxylic acids is 1. The van der Waals surface area contributed by atoms with Crippen LogP contribution in [0, 0.1) is 5.82 Å². The lowest BCUT2D eigenvalue weighted by molar-refractivity contribution is 0.0688. The fraction of sp³-hybridized carbons (Fsp3) is 0.133. The Morgan fingerprint density at radius 1 is 1.29 bits per heavy atom. The molecule has 0 aliphatic carbocycles. The van der Waals surface area contributed by atoms with Crippen molar-refractivity contribution in [3.8, 4) is 0 Å². The van der Waals surface area contributed by atoms with Gasteiger partial charge in [-0.2, -0.15) is 0 Å². The molecule has 1 amide bonds. The Bertz CT molecular complexity index is 671. The Labute approximate surface area is 120 Å². The Morgan fingerprint density at radius 2 is 2.05 bits per heavy atom. The average molecular weight is 288 g/mol. The summed E-state index contributed by atoms with van der Waals surface area (Å²) in [5, 5.41) is 8.75. The van der Waals surface area contributed by atoms with Crippen LogP contribution in [0.3, 0.4) is 0 Å². The van der Waals surface area contributed by atoms with Gasteiger partial charge in [-0.25, -0.2) is 14.2 Å². The van der Waals surface area contributed by atoms with Gasteiger partial charge < -0.3 is 10.0 Å². The molecule has 0 saturated heterocycles. The second-order valence-electron chi connectivity index (χ2n) is 4.53. The molecule has 0 radical (unpaired) electrons. The van der Waals surface area contributed by atoms with E-state index in [1.165, 1.54) is 35.4 Å². The molecule has 2 aromatic rings. The van der Waals surface area contributed by atoms with Crippen LogP contribution in [0.4, 0.5) is 4.39 Å². The number of carbonyl (C=O) groups is 2. The molecule has 0 spiro atoms. The van der Waals surface area contributed by atoms with Crippen LogP contribution in [0.2, 0.25) is 0 Å². The number of aromatic nitrogens is 1. The van der Waals surface area contributed by atoms with Crippen molar-refractivity contribution >= 4 is 11.9 Å². The van der Waals surface area contributed by atoms with E-state index < -0.39 is 5.97 Å². The lowest BCUT2D eigenvalue weighted by atomic mass is 10.2. The quantitative estimate of drug-likeness (QED) is 0.936. The number of hydrogen-bond acceptors (Lipinski definition) is 3. The third-order valence-electron chi connectivity index (χ3n) is 2.89. The van der Waals surface area contributed by atoms with Gasteiger partial charge in [-0.1, -0.05) is 12.1 Å². The molecular weight excluding hydrogens is 275 g/mol. The minimum absolute atomic E-state index is 0.126. The molecule has 0 bridgehead atoms. The van der Waals surface area contributed by atoms with E-state index in [0.29, 0.717) is 5.56 Å². The van der Waals surface area contributed by atoms with Gasteiger partial charge in [0.25, 0.3) is 5.91 Å². The summed E-state index contributed by atoms with van der Waals surface area (Å²) in [5.41, 5.74) is 0.819. The van der Waals surface area contributed by atoms with E-state index in [4.69, 9.17) is 5.11 Å². The Kier molecular flexibility index (Phi) is 4.27. The van der Waals surface area contributed by atoms with Crippen LogP contribution < -0.4 is 0 Å². The lowest BCUT2D eigenvalue weighted by Crippen LogP contribution is -2.26. The number of pyridine rings is 1. The predicted octanol–water partition coefficient (Wildman–Crippen LogP) is 2.19. The third kappa shape index (κ3) is 3.62. The molecule has 1 N–H and O–H groups in total. The van der Waals surface area contributed by atoms with Crippen molar-refractivity contribution in [1.82, 2.24) is 9.88 Å². The second-order valence-corrected chi connectivity index (χ2v) is 4.53. The van der Waals surface area contributed by atoms with Gasteiger partial charge >= 0.3 is 5.97 Å². The summed E-state index contributed by atoms with van der Waals surface area (Å²) in [4.78, 5) is 28.0. The van der Waals surface area contributed by atoms with Crippen LogP contribution in [0.15, 0.2) is 42.6 Å². The zero-order valence-corrected chi connectivity index (χ0v) is 11.3. The highest BCUT2D eigenvalue weighted by Gasteiger charge is 2.14. The molecule has 0 fully saturated rings. The molecule has 5 nitrogen and oxygen atoms in total. The number of nitrogens with zero attached hydrogens (tertiary/aromatic N) is 2. The fourth-order valence-electron chi connectivity index (χ4n) is 1.85. The van der Waals surface area contributed by atoms with Gasteiger partial charge in [0.1, 0.15) is 11.5 Å². The smallest absolute Gasteiger partial charge is 0.354 e. The summed E-state index contributed by atoms with van der Waals surface area (Å²) in [6, 6.07) is 8.66. The first-order chi connectivity index (χ1) is 9.97.